The van der Waals surface area contributed by atoms with Crippen LogP contribution in [0.25, 0.3) is 0 Å². The second-order valence-electron chi connectivity index (χ2n) is 6.52. The maximum atomic E-state index is 12.1. The van der Waals surface area contributed by atoms with Gasteiger partial charge >= 0.3 is 0 Å². The van der Waals surface area contributed by atoms with Crippen molar-refractivity contribution in [3.63, 3.8) is 0 Å². The maximum Gasteiger partial charge on any atom is 0.251 e. The first kappa shape index (κ1) is 17.3. The minimum atomic E-state index is -0.0658. The molecule has 0 radical (unpaired) electrons. The molecule has 1 aliphatic rings. The van der Waals surface area contributed by atoms with Gasteiger partial charge in [-0.3, -0.25) is 9.59 Å². The zero-order chi connectivity index (χ0) is 17.8. The van der Waals surface area contributed by atoms with Crippen LogP contribution < -0.4 is 15.6 Å². The highest BCUT2D eigenvalue weighted by molar-refractivity contribution is 5.78. The van der Waals surface area contributed by atoms with E-state index in [2.05, 4.69) is 10.3 Å². The van der Waals surface area contributed by atoms with Crippen LogP contribution in [0, 0.1) is 6.92 Å². The van der Waals surface area contributed by atoms with Gasteiger partial charge in [-0.1, -0.05) is 18.2 Å². The SMILES string of the molecule is CCOc1ccc(C(C[C@H]2CCC(=O)N2)c2ccc(C)c(=O)[nH]2)cc1. The van der Waals surface area contributed by atoms with E-state index in [1.54, 1.807) is 6.92 Å². The third kappa shape index (κ3) is 4.10. The third-order valence-corrected chi connectivity index (χ3v) is 4.70. The van der Waals surface area contributed by atoms with Gasteiger partial charge in [-0.15, -0.1) is 0 Å². The predicted molar refractivity (Wildman–Crippen MR) is 97.0 cm³/mol. The lowest BCUT2D eigenvalue weighted by atomic mass is 9.88. The maximum absolute atomic E-state index is 12.1. The summed E-state index contributed by atoms with van der Waals surface area (Å²) < 4.78 is 5.51. The zero-order valence-corrected chi connectivity index (χ0v) is 14.7. The fourth-order valence-electron chi connectivity index (χ4n) is 3.31. The van der Waals surface area contributed by atoms with E-state index in [1.807, 2.05) is 43.3 Å². The smallest absolute Gasteiger partial charge is 0.251 e. The average molecular weight is 340 g/mol. The Kier molecular flexibility index (Phi) is 5.22. The molecule has 5 nitrogen and oxygen atoms in total. The molecule has 1 aromatic carbocycles. The fourth-order valence-corrected chi connectivity index (χ4v) is 3.31. The van der Waals surface area contributed by atoms with Crippen molar-refractivity contribution in [2.24, 2.45) is 0 Å². The molecule has 2 aromatic rings. The van der Waals surface area contributed by atoms with Crippen molar-refractivity contribution in [2.75, 3.05) is 6.61 Å². The van der Waals surface area contributed by atoms with E-state index in [4.69, 9.17) is 4.74 Å². The van der Waals surface area contributed by atoms with Gasteiger partial charge in [0, 0.05) is 29.6 Å². The number of hydrogen-bond acceptors (Lipinski definition) is 3. The molecule has 2 N–H and O–H groups in total. The van der Waals surface area contributed by atoms with Crippen molar-refractivity contribution in [1.29, 1.82) is 0 Å². The van der Waals surface area contributed by atoms with Gasteiger partial charge in [-0.25, -0.2) is 0 Å². The standard InChI is InChI=1S/C20H24N2O3/c1-3-25-16-8-5-14(6-9-16)17(12-15-7-11-19(23)21-15)18-10-4-13(2)20(24)22-18/h4-6,8-10,15,17H,3,7,11-12H2,1-2H3,(H,21,23)(H,22,24)/t15-,17?/m1/s1. The lowest BCUT2D eigenvalue weighted by Gasteiger charge is -2.22. The predicted octanol–water partition coefficient (Wildman–Crippen LogP) is 2.88. The summed E-state index contributed by atoms with van der Waals surface area (Å²) in [5, 5.41) is 3.03. The largest absolute Gasteiger partial charge is 0.494 e. The fraction of sp³-hybridized carbons (Fsp3) is 0.400. The number of H-pyrrole nitrogens is 1. The molecule has 0 spiro atoms. The summed E-state index contributed by atoms with van der Waals surface area (Å²) in [5.74, 6) is 0.955. The summed E-state index contributed by atoms with van der Waals surface area (Å²) in [5.41, 5.74) is 2.61. The number of pyridine rings is 1. The van der Waals surface area contributed by atoms with E-state index in [1.165, 1.54) is 0 Å². The molecule has 0 bridgehead atoms. The molecule has 25 heavy (non-hydrogen) atoms. The van der Waals surface area contributed by atoms with Gasteiger partial charge in [-0.05, 0) is 50.5 Å². The minimum Gasteiger partial charge on any atom is -0.494 e. The number of nitrogens with one attached hydrogen (secondary N) is 2. The van der Waals surface area contributed by atoms with Crippen LogP contribution in [-0.2, 0) is 4.79 Å². The minimum absolute atomic E-state index is 0.0207. The Bertz CT molecular complexity index is 795. The highest BCUT2D eigenvalue weighted by Crippen LogP contribution is 2.31. The molecule has 3 rings (SSSR count). The number of carbonyl (C=O) groups excluding carboxylic acids is 1. The van der Waals surface area contributed by atoms with E-state index < -0.39 is 0 Å². The van der Waals surface area contributed by atoms with Gasteiger partial charge in [0.1, 0.15) is 5.75 Å². The second-order valence-corrected chi connectivity index (χ2v) is 6.52. The van der Waals surface area contributed by atoms with Crippen LogP contribution in [0.15, 0.2) is 41.2 Å². The quantitative estimate of drug-likeness (QED) is 0.849. The Morgan fingerprint density at radius 2 is 1.92 bits per heavy atom. The van der Waals surface area contributed by atoms with Gasteiger partial charge < -0.3 is 15.0 Å². The number of aromatic nitrogens is 1. The summed E-state index contributed by atoms with van der Waals surface area (Å²) in [6, 6.07) is 11.9. The monoisotopic (exact) mass is 340 g/mol. The van der Waals surface area contributed by atoms with Gasteiger partial charge in [0.15, 0.2) is 0 Å². The molecule has 1 unspecified atom stereocenters. The van der Waals surface area contributed by atoms with Gasteiger partial charge in [0.25, 0.3) is 5.56 Å². The highest BCUT2D eigenvalue weighted by Gasteiger charge is 2.26. The van der Waals surface area contributed by atoms with E-state index in [9.17, 15) is 9.59 Å². The van der Waals surface area contributed by atoms with Crippen LogP contribution in [-0.4, -0.2) is 23.5 Å². The van der Waals surface area contributed by atoms with Crippen LogP contribution in [0.3, 0.4) is 0 Å². The molecule has 5 heteroatoms. The number of carbonyl (C=O) groups is 1. The van der Waals surface area contributed by atoms with E-state index in [0.29, 0.717) is 18.6 Å². The molecule has 1 aliphatic heterocycles. The normalized spacial score (nSPS) is 18.0. The summed E-state index contributed by atoms with van der Waals surface area (Å²) in [7, 11) is 0. The first-order valence-electron chi connectivity index (χ1n) is 8.78. The third-order valence-electron chi connectivity index (χ3n) is 4.70. The zero-order valence-electron chi connectivity index (χ0n) is 14.7. The number of benzene rings is 1. The Balaban J connectivity index is 1.91. The number of aromatic amines is 1. The Morgan fingerprint density at radius 1 is 1.16 bits per heavy atom. The topological polar surface area (TPSA) is 71.2 Å². The van der Waals surface area contributed by atoms with Gasteiger partial charge in [-0.2, -0.15) is 0 Å². The molecule has 0 saturated carbocycles. The van der Waals surface area contributed by atoms with Crippen LogP contribution in [0.4, 0.5) is 0 Å². The molecule has 1 amide bonds. The second kappa shape index (κ2) is 7.55. The summed E-state index contributed by atoms with van der Waals surface area (Å²) in [4.78, 5) is 26.6. The molecule has 1 fully saturated rings. The first-order chi connectivity index (χ1) is 12.1. The number of aryl methyl sites for hydroxylation is 1. The van der Waals surface area contributed by atoms with Gasteiger partial charge in [0.2, 0.25) is 5.91 Å². The van der Waals surface area contributed by atoms with Crippen molar-refractivity contribution >= 4 is 5.91 Å². The van der Waals surface area contributed by atoms with Crippen molar-refractivity contribution in [2.45, 2.75) is 45.1 Å². The van der Waals surface area contributed by atoms with Crippen LogP contribution in [0.5, 0.6) is 5.75 Å². The van der Waals surface area contributed by atoms with Crippen LogP contribution in [0.2, 0.25) is 0 Å². The summed E-state index contributed by atoms with van der Waals surface area (Å²) in [6.07, 6.45) is 2.17. The molecular weight excluding hydrogens is 316 g/mol. The number of amides is 1. The molecule has 2 heterocycles. The van der Waals surface area contributed by atoms with Gasteiger partial charge in [0.05, 0.1) is 6.61 Å². The molecule has 132 valence electrons. The number of ether oxygens (including phenoxy) is 1. The summed E-state index contributed by atoms with van der Waals surface area (Å²) >= 11 is 0. The molecule has 1 aromatic heterocycles. The molecule has 2 atom stereocenters. The molecule has 0 aliphatic carbocycles. The lowest BCUT2D eigenvalue weighted by molar-refractivity contribution is -0.119. The summed E-state index contributed by atoms with van der Waals surface area (Å²) in [6.45, 7) is 4.38. The van der Waals surface area contributed by atoms with Crippen molar-refractivity contribution < 1.29 is 9.53 Å². The van der Waals surface area contributed by atoms with Crippen molar-refractivity contribution in [1.82, 2.24) is 10.3 Å². The van der Waals surface area contributed by atoms with Crippen molar-refractivity contribution in [3.05, 3.63) is 63.6 Å². The molecular formula is C20H24N2O3. The number of hydrogen-bond donors (Lipinski definition) is 2. The Morgan fingerprint density at radius 3 is 2.52 bits per heavy atom. The average Bonchev–Trinajstić information content (AvgIpc) is 3.02. The number of rotatable bonds is 6. The highest BCUT2D eigenvalue weighted by atomic mass is 16.5. The van der Waals surface area contributed by atoms with E-state index >= 15 is 0 Å². The lowest BCUT2D eigenvalue weighted by Crippen LogP contribution is -2.28. The van der Waals surface area contributed by atoms with Crippen molar-refractivity contribution in [3.8, 4) is 5.75 Å². The Hall–Kier alpha value is -2.56. The van der Waals surface area contributed by atoms with E-state index in [0.717, 1.165) is 29.8 Å². The van der Waals surface area contributed by atoms with Crippen LogP contribution in [0.1, 0.15) is 48.9 Å². The van der Waals surface area contributed by atoms with Crippen LogP contribution >= 0.6 is 0 Å². The first-order valence-corrected chi connectivity index (χ1v) is 8.78. The molecule has 1 saturated heterocycles. The van der Waals surface area contributed by atoms with E-state index in [-0.39, 0.29) is 23.4 Å². The Labute approximate surface area is 147 Å².